The van der Waals surface area contributed by atoms with Gasteiger partial charge in [0.05, 0.1) is 0 Å². The number of hydrogen-bond acceptors (Lipinski definition) is 4. The molecular weight excluding hydrogens is 244 g/mol. The van der Waals surface area contributed by atoms with E-state index in [4.69, 9.17) is 18.9 Å². The van der Waals surface area contributed by atoms with Crippen molar-refractivity contribution in [2.24, 2.45) is 0 Å². The van der Waals surface area contributed by atoms with Gasteiger partial charge in [-0.1, -0.05) is 6.07 Å². The first kappa shape index (κ1) is 10.6. The maximum atomic E-state index is 5.75. The number of fused-ring (bicyclic) bond motifs is 2. The first-order valence-corrected chi connectivity index (χ1v) is 6.13. The van der Waals surface area contributed by atoms with Crippen LogP contribution in [0.5, 0.6) is 23.0 Å². The quantitative estimate of drug-likeness (QED) is 0.785. The number of ether oxygens (including phenoxy) is 4. The fourth-order valence-corrected chi connectivity index (χ4v) is 2.19. The molecule has 0 aromatic heterocycles. The second-order valence-electron chi connectivity index (χ2n) is 4.34. The standard InChI is InChI=1S/C15H11O4/c1-2-4-13-12(3-1)18-15(19-13)10-5-6-11-14(9-10)17-8-7-16-11/h1,3-6,9,15H,7-8H2. The Balaban J connectivity index is 1.64. The van der Waals surface area contributed by atoms with Crippen LogP contribution >= 0.6 is 0 Å². The number of benzene rings is 2. The molecule has 0 spiro atoms. The van der Waals surface area contributed by atoms with Crippen molar-refractivity contribution < 1.29 is 18.9 Å². The minimum absolute atomic E-state index is 0.443. The van der Waals surface area contributed by atoms with E-state index in [9.17, 15) is 0 Å². The minimum Gasteiger partial charge on any atom is -0.486 e. The average molecular weight is 255 g/mol. The maximum Gasteiger partial charge on any atom is 0.268 e. The van der Waals surface area contributed by atoms with Crippen LogP contribution in [0.25, 0.3) is 0 Å². The van der Waals surface area contributed by atoms with Crippen LogP contribution in [0.3, 0.4) is 0 Å². The van der Waals surface area contributed by atoms with Gasteiger partial charge in [0.1, 0.15) is 13.2 Å². The summed E-state index contributed by atoms with van der Waals surface area (Å²) in [6, 6.07) is 14.1. The van der Waals surface area contributed by atoms with Crippen molar-refractivity contribution in [1.82, 2.24) is 0 Å². The summed E-state index contributed by atoms with van der Waals surface area (Å²) in [4.78, 5) is 0. The Morgan fingerprint density at radius 1 is 0.895 bits per heavy atom. The molecule has 0 aliphatic carbocycles. The highest BCUT2D eigenvalue weighted by molar-refractivity contribution is 5.47. The SMILES string of the molecule is [c]1ccc2c(c1)OC(c1ccc3c(c1)OCCO3)O2. The Labute approximate surface area is 110 Å². The lowest BCUT2D eigenvalue weighted by Crippen LogP contribution is -2.16. The normalized spacial score (nSPS) is 16.4. The summed E-state index contributed by atoms with van der Waals surface area (Å²) in [6.45, 7) is 1.15. The van der Waals surface area contributed by atoms with E-state index in [1.54, 1.807) is 12.1 Å². The molecule has 1 unspecified atom stereocenters. The molecule has 2 heterocycles. The maximum absolute atomic E-state index is 5.75. The van der Waals surface area contributed by atoms with Gasteiger partial charge in [-0.2, -0.15) is 0 Å². The van der Waals surface area contributed by atoms with Crippen molar-refractivity contribution in [1.29, 1.82) is 0 Å². The Kier molecular flexibility index (Phi) is 2.27. The van der Waals surface area contributed by atoms with Gasteiger partial charge in [-0.15, -0.1) is 0 Å². The molecule has 4 rings (SSSR count). The molecule has 1 radical (unpaired) electrons. The Morgan fingerprint density at radius 2 is 1.74 bits per heavy atom. The average Bonchev–Trinajstić information content (AvgIpc) is 2.90. The van der Waals surface area contributed by atoms with Crippen molar-refractivity contribution >= 4 is 0 Å². The van der Waals surface area contributed by atoms with E-state index in [2.05, 4.69) is 6.07 Å². The van der Waals surface area contributed by atoms with Crippen LogP contribution in [0, 0.1) is 6.07 Å². The van der Waals surface area contributed by atoms with E-state index in [0.29, 0.717) is 19.0 Å². The van der Waals surface area contributed by atoms with Crippen LogP contribution in [0.4, 0.5) is 0 Å². The lowest BCUT2D eigenvalue weighted by atomic mass is 10.2. The van der Waals surface area contributed by atoms with Crippen molar-refractivity contribution in [2.75, 3.05) is 13.2 Å². The van der Waals surface area contributed by atoms with E-state index in [1.807, 2.05) is 24.3 Å². The summed E-state index contributed by atoms with van der Waals surface area (Å²) in [6.07, 6.45) is -0.443. The molecule has 4 heteroatoms. The van der Waals surface area contributed by atoms with Gasteiger partial charge in [-0.25, -0.2) is 0 Å². The zero-order chi connectivity index (χ0) is 12.7. The second-order valence-corrected chi connectivity index (χ2v) is 4.34. The molecule has 4 nitrogen and oxygen atoms in total. The Morgan fingerprint density at radius 3 is 2.63 bits per heavy atom. The first-order chi connectivity index (χ1) is 9.40. The van der Waals surface area contributed by atoms with Crippen molar-refractivity contribution in [3.05, 3.63) is 48.0 Å². The van der Waals surface area contributed by atoms with Gasteiger partial charge in [0.25, 0.3) is 6.29 Å². The molecule has 0 saturated heterocycles. The van der Waals surface area contributed by atoms with Crippen molar-refractivity contribution in [3.8, 4) is 23.0 Å². The molecule has 2 aromatic carbocycles. The molecule has 0 N–H and O–H groups in total. The number of hydrogen-bond donors (Lipinski definition) is 0. The summed E-state index contributed by atoms with van der Waals surface area (Å²) < 4.78 is 22.5. The van der Waals surface area contributed by atoms with Crippen LogP contribution in [-0.4, -0.2) is 13.2 Å². The highest BCUT2D eigenvalue weighted by Gasteiger charge is 2.26. The fourth-order valence-electron chi connectivity index (χ4n) is 2.19. The molecule has 19 heavy (non-hydrogen) atoms. The topological polar surface area (TPSA) is 36.9 Å². The van der Waals surface area contributed by atoms with Crippen molar-refractivity contribution in [2.45, 2.75) is 6.29 Å². The summed E-state index contributed by atoms with van der Waals surface area (Å²) in [7, 11) is 0. The first-order valence-electron chi connectivity index (χ1n) is 6.13. The van der Waals surface area contributed by atoms with Gasteiger partial charge in [0.15, 0.2) is 23.0 Å². The molecule has 2 aliphatic rings. The van der Waals surface area contributed by atoms with E-state index < -0.39 is 6.29 Å². The largest absolute Gasteiger partial charge is 0.486 e. The smallest absolute Gasteiger partial charge is 0.268 e. The highest BCUT2D eigenvalue weighted by Crippen LogP contribution is 2.41. The third-order valence-corrected chi connectivity index (χ3v) is 3.09. The summed E-state index contributed by atoms with van der Waals surface area (Å²) >= 11 is 0. The van der Waals surface area contributed by atoms with Crippen LogP contribution in [0.15, 0.2) is 36.4 Å². The fraction of sp³-hybridized carbons (Fsp3) is 0.200. The van der Waals surface area contributed by atoms with Crippen molar-refractivity contribution in [3.63, 3.8) is 0 Å². The molecule has 0 fully saturated rings. The van der Waals surface area contributed by atoms with E-state index in [0.717, 1.165) is 22.8 Å². The third-order valence-electron chi connectivity index (χ3n) is 3.09. The molecule has 1 atom stereocenters. The van der Waals surface area contributed by atoms with Gasteiger partial charge >= 0.3 is 0 Å². The number of rotatable bonds is 1. The summed E-state index contributed by atoms with van der Waals surface area (Å²) in [5.74, 6) is 2.94. The van der Waals surface area contributed by atoms with E-state index >= 15 is 0 Å². The molecule has 2 aliphatic heterocycles. The predicted molar refractivity (Wildman–Crippen MR) is 66.7 cm³/mol. The van der Waals surface area contributed by atoms with Gasteiger partial charge < -0.3 is 18.9 Å². The zero-order valence-corrected chi connectivity index (χ0v) is 10.1. The molecule has 95 valence electrons. The Bertz CT molecular complexity index is 598. The van der Waals surface area contributed by atoms with Gasteiger partial charge in [-0.05, 0) is 36.4 Å². The molecule has 2 aromatic rings. The molecule has 0 bridgehead atoms. The van der Waals surface area contributed by atoms with Crippen LogP contribution in [0.1, 0.15) is 11.9 Å². The van der Waals surface area contributed by atoms with Gasteiger partial charge in [0.2, 0.25) is 0 Å². The monoisotopic (exact) mass is 255 g/mol. The van der Waals surface area contributed by atoms with Crippen LogP contribution < -0.4 is 18.9 Å². The highest BCUT2D eigenvalue weighted by atomic mass is 16.7. The van der Waals surface area contributed by atoms with Gasteiger partial charge in [0, 0.05) is 5.56 Å². The minimum atomic E-state index is -0.443. The molecule has 0 amide bonds. The van der Waals surface area contributed by atoms with Crippen LogP contribution in [0.2, 0.25) is 0 Å². The second kappa shape index (κ2) is 4.09. The molecular formula is C15H11O4. The van der Waals surface area contributed by atoms with E-state index in [1.165, 1.54) is 0 Å². The lowest BCUT2D eigenvalue weighted by molar-refractivity contribution is 0.0481. The molecule has 0 saturated carbocycles. The lowest BCUT2D eigenvalue weighted by Gasteiger charge is -2.20. The summed E-state index contributed by atoms with van der Waals surface area (Å²) in [5.41, 5.74) is 0.903. The summed E-state index contributed by atoms with van der Waals surface area (Å²) in [5, 5.41) is 0. The van der Waals surface area contributed by atoms with E-state index in [-0.39, 0.29) is 0 Å². The van der Waals surface area contributed by atoms with Crippen LogP contribution in [-0.2, 0) is 0 Å². The Hall–Kier alpha value is -2.36. The van der Waals surface area contributed by atoms with Gasteiger partial charge in [-0.3, -0.25) is 0 Å². The predicted octanol–water partition coefficient (Wildman–Crippen LogP) is 2.73. The zero-order valence-electron chi connectivity index (χ0n) is 10.1. The third kappa shape index (κ3) is 1.76.